The van der Waals surface area contributed by atoms with Crippen LogP contribution in [0.5, 0.6) is 0 Å². The molecule has 0 aromatic heterocycles. The Morgan fingerprint density at radius 3 is 1.75 bits per heavy atom. The number of rotatable bonds is 24. The van der Waals surface area contributed by atoms with Gasteiger partial charge < -0.3 is 43.8 Å². The molecule has 5 amide bonds. The monoisotopic (exact) mass is 718 g/mol. The number of primary amides is 1. The number of carbonyl (C=O) groups is 5. The molecule has 17 nitrogen and oxygen atoms in total. The van der Waals surface area contributed by atoms with Crippen molar-refractivity contribution in [1.82, 2.24) is 26.6 Å². The third-order valence-electron chi connectivity index (χ3n) is 9.82. The van der Waals surface area contributed by atoms with Crippen LogP contribution in [0.25, 0.3) is 10.4 Å². The second kappa shape index (κ2) is 24.9. The van der Waals surface area contributed by atoms with E-state index in [0.29, 0.717) is 51.5 Å². The van der Waals surface area contributed by atoms with Gasteiger partial charge in [0.1, 0.15) is 24.2 Å². The smallest absolute Gasteiger partial charge is 0.243 e. The molecule has 0 radical (unpaired) electrons. The van der Waals surface area contributed by atoms with Gasteiger partial charge in [-0.15, -0.1) is 0 Å². The van der Waals surface area contributed by atoms with E-state index >= 15 is 0 Å². The number of hydrogen-bond donors (Lipinski definition) is 9. The number of nitrogens with one attached hydrogen (secondary N) is 6. The Hall–Kier alpha value is -4.11. The molecule has 2 aliphatic rings. The minimum Gasteiger partial charge on any atom is -0.370 e. The first-order valence-corrected chi connectivity index (χ1v) is 18.8. The second-order valence-corrected chi connectivity index (χ2v) is 14.0. The van der Waals surface area contributed by atoms with Crippen molar-refractivity contribution in [3.8, 4) is 0 Å². The summed E-state index contributed by atoms with van der Waals surface area (Å²) in [6.45, 7) is 0.873. The molecule has 288 valence electrons. The molecule has 0 saturated heterocycles. The van der Waals surface area contributed by atoms with E-state index in [9.17, 15) is 24.0 Å². The molecule has 12 N–H and O–H groups in total. The highest BCUT2D eigenvalue weighted by molar-refractivity contribution is 5.95. The van der Waals surface area contributed by atoms with Crippen LogP contribution in [0.15, 0.2) is 5.11 Å². The number of nitrogens with zero attached hydrogens (tertiary/aromatic N) is 3. The van der Waals surface area contributed by atoms with Gasteiger partial charge in [-0.05, 0) is 75.3 Å². The lowest BCUT2D eigenvalue weighted by Gasteiger charge is -2.30. The molecule has 0 aromatic rings. The van der Waals surface area contributed by atoms with Crippen LogP contribution in [0.1, 0.15) is 122 Å². The van der Waals surface area contributed by atoms with Crippen LogP contribution in [0, 0.1) is 17.2 Å². The molecular weight excluding hydrogens is 656 g/mol. The predicted octanol–water partition coefficient (Wildman–Crippen LogP) is 1.83. The quantitative estimate of drug-likeness (QED) is 0.0177. The van der Waals surface area contributed by atoms with E-state index in [1.807, 2.05) is 0 Å². The number of azide groups is 1. The summed E-state index contributed by atoms with van der Waals surface area (Å²) in [7, 11) is 0. The van der Waals surface area contributed by atoms with E-state index in [1.165, 1.54) is 0 Å². The zero-order valence-corrected chi connectivity index (χ0v) is 30.1. The lowest BCUT2D eigenvalue weighted by atomic mass is 9.84. The highest BCUT2D eigenvalue weighted by atomic mass is 16.2. The van der Waals surface area contributed by atoms with E-state index in [1.54, 1.807) is 0 Å². The number of carbonyl (C=O) groups excluding carboxylic acids is 5. The highest BCUT2D eigenvalue weighted by Gasteiger charge is 2.33. The average Bonchev–Trinajstić information content (AvgIpc) is 3.11. The third kappa shape index (κ3) is 18.1. The number of amides is 5. The average molecular weight is 719 g/mol. The summed E-state index contributed by atoms with van der Waals surface area (Å²) in [5.41, 5.74) is 25.2. The van der Waals surface area contributed by atoms with Gasteiger partial charge in [-0.2, -0.15) is 0 Å². The summed E-state index contributed by atoms with van der Waals surface area (Å²) in [5.74, 6) is -2.42. The zero-order valence-electron chi connectivity index (χ0n) is 30.1. The lowest BCUT2D eigenvalue weighted by Crippen LogP contribution is -2.58. The van der Waals surface area contributed by atoms with E-state index < -0.39 is 47.8 Å². The van der Waals surface area contributed by atoms with Crippen LogP contribution < -0.4 is 43.8 Å². The number of unbranched alkanes of at least 4 members (excludes halogenated alkanes) is 1. The van der Waals surface area contributed by atoms with Crippen LogP contribution in [0.2, 0.25) is 0 Å². The number of hydrogen-bond acceptors (Lipinski definition) is 8. The van der Waals surface area contributed by atoms with Gasteiger partial charge in [-0.1, -0.05) is 69.3 Å². The molecule has 0 heterocycles. The highest BCUT2D eigenvalue weighted by Crippen LogP contribution is 2.29. The predicted molar refractivity (Wildman–Crippen MR) is 195 cm³/mol. The summed E-state index contributed by atoms with van der Waals surface area (Å²) in [4.78, 5) is 69.4. The SMILES string of the molecule is [N-]=[N+]=NCCCC(=O)N[C@H](CC1CCCCC1)C(=O)N[C@@H](CCCNC(=N)N)C(=O)N[C@H](CC1CCCCC1)C(=O)N[C@H](CCCCN)C(N)=O. The van der Waals surface area contributed by atoms with Gasteiger partial charge in [0.15, 0.2) is 5.96 Å². The maximum absolute atomic E-state index is 14.0. The van der Waals surface area contributed by atoms with E-state index in [0.717, 1.165) is 64.2 Å². The van der Waals surface area contributed by atoms with Crippen LogP contribution in [-0.4, -0.2) is 79.3 Å². The van der Waals surface area contributed by atoms with E-state index in [2.05, 4.69) is 36.6 Å². The molecule has 17 heteroatoms. The summed E-state index contributed by atoms with van der Waals surface area (Å²) >= 11 is 0. The van der Waals surface area contributed by atoms with Gasteiger partial charge in [-0.25, -0.2) is 0 Å². The fraction of sp³-hybridized carbons (Fsp3) is 0.824. The first kappa shape index (κ1) is 43.1. The van der Waals surface area contributed by atoms with Crippen LogP contribution in [0.4, 0.5) is 0 Å². The molecule has 2 aliphatic carbocycles. The minimum atomic E-state index is -1.07. The molecule has 0 unspecified atom stereocenters. The zero-order chi connectivity index (χ0) is 37.4. The van der Waals surface area contributed by atoms with Crippen molar-refractivity contribution in [1.29, 1.82) is 5.41 Å². The van der Waals surface area contributed by atoms with Gasteiger partial charge in [0.2, 0.25) is 29.5 Å². The Kier molecular flexibility index (Phi) is 21.1. The van der Waals surface area contributed by atoms with Crippen LogP contribution in [0.3, 0.4) is 0 Å². The number of guanidine groups is 1. The molecule has 51 heavy (non-hydrogen) atoms. The normalized spacial score (nSPS) is 17.4. The molecule has 0 bridgehead atoms. The molecule has 2 saturated carbocycles. The molecule has 4 atom stereocenters. The van der Waals surface area contributed by atoms with Crippen LogP contribution >= 0.6 is 0 Å². The van der Waals surface area contributed by atoms with Gasteiger partial charge in [0.25, 0.3) is 0 Å². The Morgan fingerprint density at radius 1 is 0.706 bits per heavy atom. The Morgan fingerprint density at radius 2 is 1.22 bits per heavy atom. The molecule has 2 fully saturated rings. The van der Waals surface area contributed by atoms with Gasteiger partial charge in [0.05, 0.1) is 0 Å². The van der Waals surface area contributed by atoms with E-state index in [4.69, 9.17) is 28.1 Å². The Labute approximate surface area is 301 Å². The van der Waals surface area contributed by atoms with Crippen LogP contribution in [-0.2, 0) is 24.0 Å². The standard InChI is InChI=1S/C34H62N12O5/c35-18-8-7-15-25(30(36)48)43-33(51)28(22-24-13-5-2-6-14-24)45-31(49)26(16-9-19-40-34(37)38)44-32(50)27(21-23-11-3-1-4-12-23)42-29(47)17-10-20-41-46-39/h23-28H,1-22,35H2,(H2,36,48)(H,42,47)(H,43,51)(H,44,50)(H,45,49)(H4,37,38,40)/t25-,26+,27-,28-/m1/s1. The molecular formula is C34H62N12O5. The largest absolute Gasteiger partial charge is 0.370 e. The summed E-state index contributed by atoms with van der Waals surface area (Å²) < 4.78 is 0. The van der Waals surface area contributed by atoms with Crippen molar-refractivity contribution in [3.05, 3.63) is 10.4 Å². The lowest BCUT2D eigenvalue weighted by molar-refractivity contribution is -0.135. The van der Waals surface area contributed by atoms with Gasteiger partial charge >= 0.3 is 0 Å². The van der Waals surface area contributed by atoms with Crippen molar-refractivity contribution >= 4 is 35.5 Å². The van der Waals surface area contributed by atoms with Gasteiger partial charge in [-0.3, -0.25) is 29.4 Å². The second-order valence-electron chi connectivity index (χ2n) is 14.0. The minimum absolute atomic E-state index is 0.0740. The van der Waals surface area contributed by atoms with Crippen molar-refractivity contribution in [2.45, 2.75) is 146 Å². The first-order chi connectivity index (χ1) is 24.5. The topological polar surface area (TPSA) is 296 Å². The van der Waals surface area contributed by atoms with E-state index in [-0.39, 0.29) is 49.6 Å². The molecule has 0 spiro atoms. The molecule has 0 aliphatic heterocycles. The maximum atomic E-state index is 14.0. The Bertz CT molecular complexity index is 1170. The van der Waals surface area contributed by atoms with Crippen molar-refractivity contribution in [2.24, 2.45) is 34.2 Å². The summed E-state index contributed by atoms with van der Waals surface area (Å²) in [6, 6.07) is -3.85. The first-order valence-electron chi connectivity index (χ1n) is 18.8. The summed E-state index contributed by atoms with van der Waals surface area (Å²) in [6.07, 6.45) is 13.4. The molecule has 2 rings (SSSR count). The summed E-state index contributed by atoms with van der Waals surface area (Å²) in [5, 5.41) is 25.0. The van der Waals surface area contributed by atoms with Crippen molar-refractivity contribution in [3.63, 3.8) is 0 Å². The maximum Gasteiger partial charge on any atom is 0.243 e. The Balaban J connectivity index is 2.27. The molecule has 0 aromatic carbocycles. The van der Waals surface area contributed by atoms with Crippen molar-refractivity contribution < 1.29 is 24.0 Å². The third-order valence-corrected chi connectivity index (χ3v) is 9.82. The fourth-order valence-electron chi connectivity index (χ4n) is 6.99. The fourth-order valence-corrected chi connectivity index (χ4v) is 6.99. The van der Waals surface area contributed by atoms with Crippen molar-refractivity contribution in [2.75, 3.05) is 19.6 Å². The van der Waals surface area contributed by atoms with Gasteiger partial charge in [0, 0.05) is 24.4 Å². The number of nitrogens with two attached hydrogens (primary N) is 3.